The van der Waals surface area contributed by atoms with Crippen LogP contribution in [-0.2, 0) is 0 Å². The third kappa shape index (κ3) is 1.66. The minimum Gasteiger partial charge on any atom is -0.126 e. The highest BCUT2D eigenvalue weighted by molar-refractivity contribution is 7.04. The van der Waals surface area contributed by atoms with E-state index in [4.69, 9.17) is 12.8 Å². The fourth-order valence-electron chi connectivity index (χ4n) is 1.34. The summed E-state index contributed by atoms with van der Waals surface area (Å²) in [5.74, 6) is 0. The topological polar surface area (TPSA) is 0 Å². The molecule has 1 heteroatoms. The van der Waals surface area contributed by atoms with Gasteiger partial charge in [0.1, 0.15) is 0 Å². The molecular weight excluding hydrogens is 172 g/mol. The van der Waals surface area contributed by atoms with Gasteiger partial charge in [0.15, 0.2) is 0 Å². The Morgan fingerprint density at radius 3 is 2.08 bits per heavy atom. The van der Waals surface area contributed by atoms with Gasteiger partial charge in [-0.2, -0.15) is 0 Å². The van der Waals surface area contributed by atoms with Gasteiger partial charge in [0.05, 0.1) is 0 Å². The average Bonchev–Trinajstić information content (AvgIpc) is 2.23. The maximum Gasteiger partial charge on any atom is 0.245 e. The van der Waals surface area contributed by atoms with Gasteiger partial charge in [0.25, 0.3) is 0 Å². The zero-order chi connectivity index (χ0) is 9.73. The molecule has 0 saturated carbocycles. The fourth-order valence-corrected chi connectivity index (χ4v) is 3.33. The van der Waals surface area contributed by atoms with E-state index in [0.717, 1.165) is 6.04 Å². The number of rotatable bonds is 2. The summed E-state index contributed by atoms with van der Waals surface area (Å²) >= 11 is 0. The van der Waals surface area contributed by atoms with E-state index < -0.39 is 8.07 Å². The van der Waals surface area contributed by atoms with E-state index in [9.17, 15) is 0 Å². The van der Waals surface area contributed by atoms with Crippen LogP contribution in [0.3, 0.4) is 0 Å². The molecule has 0 radical (unpaired) electrons. The van der Waals surface area contributed by atoms with Crippen molar-refractivity contribution in [1.82, 2.24) is 0 Å². The van der Waals surface area contributed by atoms with Crippen molar-refractivity contribution in [3.8, 4) is 23.9 Å². The summed E-state index contributed by atoms with van der Waals surface area (Å²) in [6.45, 7) is 2.07. The van der Waals surface area contributed by atoms with Crippen LogP contribution in [0.15, 0.2) is 30.3 Å². The van der Waals surface area contributed by atoms with E-state index in [0.29, 0.717) is 0 Å². The SMILES string of the molecule is C#C[Si](C#C)(CC)c1ccccc1. The molecule has 13 heavy (non-hydrogen) atoms. The predicted octanol–water partition coefficient (Wildman–Crippen LogP) is 1.71. The van der Waals surface area contributed by atoms with Crippen LogP contribution in [0.4, 0.5) is 0 Å². The summed E-state index contributed by atoms with van der Waals surface area (Å²) in [7, 11) is -2.04. The largest absolute Gasteiger partial charge is 0.245 e. The first-order valence-corrected chi connectivity index (χ1v) is 6.51. The normalized spacial score (nSPS) is 10.1. The molecule has 0 aromatic heterocycles. The van der Waals surface area contributed by atoms with Crippen molar-refractivity contribution < 1.29 is 0 Å². The molecule has 0 nitrogen and oxygen atoms in total. The summed E-state index contributed by atoms with van der Waals surface area (Å²) in [4.78, 5) is 0. The van der Waals surface area contributed by atoms with Crippen molar-refractivity contribution in [1.29, 1.82) is 0 Å². The van der Waals surface area contributed by atoms with Crippen molar-refractivity contribution in [2.45, 2.75) is 13.0 Å². The second-order valence-electron chi connectivity index (χ2n) is 2.91. The third-order valence-corrected chi connectivity index (χ3v) is 5.65. The molecule has 1 aromatic rings. The molecule has 0 aliphatic heterocycles. The van der Waals surface area contributed by atoms with Crippen LogP contribution >= 0.6 is 0 Å². The first-order valence-electron chi connectivity index (χ1n) is 4.30. The van der Waals surface area contributed by atoms with Gasteiger partial charge < -0.3 is 0 Å². The fraction of sp³-hybridized carbons (Fsp3) is 0.167. The Hall–Kier alpha value is -1.44. The minimum absolute atomic E-state index is 0.907. The van der Waals surface area contributed by atoms with Gasteiger partial charge >= 0.3 is 0 Å². The van der Waals surface area contributed by atoms with Crippen LogP contribution in [0.5, 0.6) is 0 Å². The van der Waals surface area contributed by atoms with Crippen molar-refractivity contribution in [2.24, 2.45) is 0 Å². The van der Waals surface area contributed by atoms with Crippen LogP contribution in [0.25, 0.3) is 0 Å². The molecule has 1 aromatic carbocycles. The van der Waals surface area contributed by atoms with Gasteiger partial charge in [-0.1, -0.05) is 37.3 Å². The number of hydrogen-bond acceptors (Lipinski definition) is 0. The molecule has 0 amide bonds. The molecule has 0 saturated heterocycles. The summed E-state index contributed by atoms with van der Waals surface area (Å²) in [6.07, 6.45) is 11.1. The smallest absolute Gasteiger partial charge is 0.126 e. The maximum absolute atomic E-state index is 5.53. The van der Waals surface area contributed by atoms with Crippen LogP contribution in [0.1, 0.15) is 6.92 Å². The van der Waals surface area contributed by atoms with Crippen molar-refractivity contribution in [2.75, 3.05) is 0 Å². The molecule has 64 valence electrons. The Labute approximate surface area is 81.0 Å². The lowest BCUT2D eigenvalue weighted by Crippen LogP contribution is -2.44. The Kier molecular flexibility index (Phi) is 2.96. The second kappa shape index (κ2) is 3.98. The van der Waals surface area contributed by atoms with Crippen molar-refractivity contribution in [3.05, 3.63) is 30.3 Å². The molecule has 0 atom stereocenters. The lowest BCUT2D eigenvalue weighted by Gasteiger charge is -2.17. The van der Waals surface area contributed by atoms with E-state index in [-0.39, 0.29) is 0 Å². The van der Waals surface area contributed by atoms with E-state index >= 15 is 0 Å². The standard InChI is InChI=1S/C12H12Si/c1-4-13(5-2,6-3)12-10-8-7-9-11-12/h1-2,7-11H,6H2,3H3. The lowest BCUT2D eigenvalue weighted by molar-refractivity contribution is 1.42. The summed E-state index contributed by atoms with van der Waals surface area (Å²) < 4.78 is 0. The van der Waals surface area contributed by atoms with E-state index in [1.54, 1.807) is 0 Å². The summed E-state index contributed by atoms with van der Waals surface area (Å²) in [5.41, 5.74) is 5.67. The molecule has 0 aliphatic carbocycles. The number of hydrogen-bond donors (Lipinski definition) is 0. The van der Waals surface area contributed by atoms with Crippen LogP contribution in [0, 0.1) is 23.9 Å². The van der Waals surface area contributed by atoms with E-state index in [1.807, 2.05) is 30.3 Å². The van der Waals surface area contributed by atoms with Crippen LogP contribution in [-0.4, -0.2) is 8.07 Å². The molecule has 0 heterocycles. The first-order chi connectivity index (χ1) is 6.29. The lowest BCUT2D eigenvalue weighted by atomic mass is 10.4. The molecular formula is C12H12Si. The van der Waals surface area contributed by atoms with Gasteiger partial charge in [0.2, 0.25) is 8.07 Å². The highest BCUT2D eigenvalue weighted by atomic mass is 28.3. The first kappa shape index (κ1) is 9.64. The highest BCUT2D eigenvalue weighted by Crippen LogP contribution is 2.06. The van der Waals surface area contributed by atoms with E-state index in [1.165, 1.54) is 5.19 Å². The van der Waals surface area contributed by atoms with Crippen LogP contribution in [0.2, 0.25) is 6.04 Å². The summed E-state index contributed by atoms with van der Waals surface area (Å²) in [5, 5.41) is 1.17. The van der Waals surface area contributed by atoms with Gasteiger partial charge in [-0.25, -0.2) is 0 Å². The number of terminal acetylenes is 2. The molecule has 0 spiro atoms. The quantitative estimate of drug-likeness (QED) is 0.485. The minimum atomic E-state index is -2.04. The molecule has 1 rings (SSSR count). The predicted molar refractivity (Wildman–Crippen MR) is 60.0 cm³/mol. The average molecular weight is 184 g/mol. The van der Waals surface area contributed by atoms with E-state index in [2.05, 4.69) is 18.0 Å². The van der Waals surface area contributed by atoms with Gasteiger partial charge in [0, 0.05) is 0 Å². The Morgan fingerprint density at radius 2 is 1.69 bits per heavy atom. The van der Waals surface area contributed by atoms with Gasteiger partial charge in [-0.15, -0.1) is 23.9 Å². The Bertz CT molecular complexity index is 337. The Balaban J connectivity index is 3.21. The number of benzene rings is 1. The monoisotopic (exact) mass is 184 g/mol. The zero-order valence-corrected chi connectivity index (χ0v) is 8.75. The molecule has 0 unspecified atom stereocenters. The Morgan fingerprint density at radius 1 is 1.15 bits per heavy atom. The molecule has 0 fully saturated rings. The molecule has 0 bridgehead atoms. The highest BCUT2D eigenvalue weighted by Gasteiger charge is 2.28. The second-order valence-corrected chi connectivity index (χ2v) is 6.59. The van der Waals surface area contributed by atoms with Gasteiger partial charge in [-0.05, 0) is 11.2 Å². The summed E-state index contributed by atoms with van der Waals surface area (Å²) in [6, 6.07) is 10.9. The van der Waals surface area contributed by atoms with Crippen molar-refractivity contribution in [3.63, 3.8) is 0 Å². The van der Waals surface area contributed by atoms with Crippen LogP contribution < -0.4 is 5.19 Å². The zero-order valence-electron chi connectivity index (χ0n) is 7.75. The third-order valence-electron chi connectivity index (χ3n) is 2.29. The molecule has 0 aliphatic rings. The molecule has 0 N–H and O–H groups in total. The van der Waals surface area contributed by atoms with Gasteiger partial charge in [-0.3, -0.25) is 0 Å². The maximum atomic E-state index is 5.53. The van der Waals surface area contributed by atoms with Crippen molar-refractivity contribution >= 4 is 13.3 Å².